The molecule has 1 aromatic carbocycles. The van der Waals surface area contributed by atoms with Crippen LogP contribution in [0.3, 0.4) is 0 Å². The van der Waals surface area contributed by atoms with Crippen molar-refractivity contribution in [2.24, 2.45) is 4.99 Å². The molecule has 2 aliphatic rings. The minimum Gasteiger partial charge on any atom is -0.493 e. The molecule has 1 aromatic rings. The quantitative estimate of drug-likeness (QED) is 0.381. The Morgan fingerprint density at radius 1 is 1.40 bits per heavy atom. The molecule has 2 heterocycles. The van der Waals surface area contributed by atoms with E-state index >= 15 is 0 Å². The van der Waals surface area contributed by atoms with Gasteiger partial charge in [-0.05, 0) is 37.0 Å². The second-order valence-electron chi connectivity index (χ2n) is 6.30. The van der Waals surface area contributed by atoms with Crippen LogP contribution in [0, 0.1) is 0 Å². The van der Waals surface area contributed by atoms with E-state index in [0.29, 0.717) is 18.9 Å². The van der Waals surface area contributed by atoms with Gasteiger partial charge in [-0.25, -0.2) is 8.42 Å². The first-order valence-corrected chi connectivity index (χ1v) is 10.4. The lowest BCUT2D eigenvalue weighted by Gasteiger charge is -2.15. The fourth-order valence-electron chi connectivity index (χ4n) is 3.11. The van der Waals surface area contributed by atoms with Gasteiger partial charge in [-0.2, -0.15) is 0 Å². The summed E-state index contributed by atoms with van der Waals surface area (Å²) >= 11 is 0. The largest absolute Gasteiger partial charge is 0.493 e. The van der Waals surface area contributed by atoms with Crippen LogP contribution in [0.4, 0.5) is 0 Å². The fourth-order valence-corrected chi connectivity index (χ4v) is 4.79. The number of sulfone groups is 1. The van der Waals surface area contributed by atoms with Crippen molar-refractivity contribution in [1.82, 2.24) is 10.6 Å². The molecule has 0 radical (unpaired) electrons. The Kier molecular flexibility index (Phi) is 7.36. The molecule has 2 aliphatic heterocycles. The summed E-state index contributed by atoms with van der Waals surface area (Å²) < 4.78 is 28.6. The monoisotopic (exact) mass is 479 g/mol. The van der Waals surface area contributed by atoms with Gasteiger partial charge in [0.2, 0.25) is 0 Å². The Hall–Kier alpha value is -1.03. The van der Waals surface area contributed by atoms with E-state index in [2.05, 4.69) is 27.8 Å². The Labute approximate surface area is 166 Å². The second kappa shape index (κ2) is 9.07. The first-order valence-electron chi connectivity index (χ1n) is 8.55. The van der Waals surface area contributed by atoms with Gasteiger partial charge in [0.25, 0.3) is 0 Å². The summed E-state index contributed by atoms with van der Waals surface area (Å²) in [6.45, 7) is 4.19. The number of nitrogens with one attached hydrogen (secondary N) is 2. The molecule has 6 nitrogen and oxygen atoms in total. The van der Waals surface area contributed by atoms with Crippen molar-refractivity contribution in [2.45, 2.75) is 32.2 Å². The molecule has 2 N–H and O–H groups in total. The Morgan fingerprint density at radius 2 is 2.24 bits per heavy atom. The summed E-state index contributed by atoms with van der Waals surface area (Å²) in [6, 6.07) is 6.28. The first-order chi connectivity index (χ1) is 11.6. The van der Waals surface area contributed by atoms with E-state index in [1.165, 1.54) is 11.1 Å². The summed E-state index contributed by atoms with van der Waals surface area (Å²) in [5.74, 6) is 2.16. The molecule has 1 saturated heterocycles. The number of halogens is 1. The van der Waals surface area contributed by atoms with Crippen LogP contribution in [0.25, 0.3) is 0 Å². The van der Waals surface area contributed by atoms with Crippen LogP contribution in [0.5, 0.6) is 5.75 Å². The second-order valence-corrected chi connectivity index (χ2v) is 8.52. The van der Waals surface area contributed by atoms with Gasteiger partial charge in [0.05, 0.1) is 18.1 Å². The third-order valence-corrected chi connectivity index (χ3v) is 6.11. The molecular weight excluding hydrogens is 453 g/mol. The molecule has 1 atom stereocenters. The van der Waals surface area contributed by atoms with Gasteiger partial charge in [0, 0.05) is 25.6 Å². The van der Waals surface area contributed by atoms with E-state index in [9.17, 15) is 8.42 Å². The van der Waals surface area contributed by atoms with Crippen LogP contribution >= 0.6 is 24.0 Å². The molecule has 0 bridgehead atoms. The van der Waals surface area contributed by atoms with Crippen molar-refractivity contribution in [1.29, 1.82) is 0 Å². The van der Waals surface area contributed by atoms with Crippen LogP contribution < -0.4 is 15.4 Å². The number of hydrogen-bond donors (Lipinski definition) is 2. The average molecular weight is 479 g/mol. The maximum Gasteiger partial charge on any atom is 0.191 e. The third-order valence-electron chi connectivity index (χ3n) is 4.34. The number of guanidine groups is 1. The van der Waals surface area contributed by atoms with Gasteiger partial charge >= 0.3 is 0 Å². The van der Waals surface area contributed by atoms with Crippen molar-refractivity contribution in [3.63, 3.8) is 0 Å². The van der Waals surface area contributed by atoms with Gasteiger partial charge in [0.15, 0.2) is 15.8 Å². The molecule has 140 valence electrons. The van der Waals surface area contributed by atoms with Crippen LogP contribution in [0.2, 0.25) is 0 Å². The molecule has 3 rings (SSSR count). The molecule has 8 heteroatoms. The fraction of sp³-hybridized carbons (Fsp3) is 0.588. The molecule has 25 heavy (non-hydrogen) atoms. The van der Waals surface area contributed by atoms with E-state index in [0.717, 1.165) is 31.7 Å². The first kappa shape index (κ1) is 20.3. The predicted octanol–water partition coefficient (Wildman–Crippen LogP) is 1.52. The molecule has 0 amide bonds. The highest BCUT2D eigenvalue weighted by Crippen LogP contribution is 2.25. The summed E-state index contributed by atoms with van der Waals surface area (Å²) in [4.78, 5) is 4.58. The van der Waals surface area contributed by atoms with E-state index in [1.807, 2.05) is 13.0 Å². The molecule has 0 aromatic heterocycles. The molecule has 0 spiro atoms. The van der Waals surface area contributed by atoms with Crippen LogP contribution in [-0.4, -0.2) is 51.6 Å². The highest BCUT2D eigenvalue weighted by atomic mass is 127. The van der Waals surface area contributed by atoms with Gasteiger partial charge in [-0.1, -0.05) is 12.1 Å². The molecular formula is C17H26IN3O3S. The lowest BCUT2D eigenvalue weighted by atomic mass is 10.1. The highest BCUT2D eigenvalue weighted by molar-refractivity contribution is 14.0. The normalized spacial score (nSPS) is 21.2. The maximum atomic E-state index is 11.6. The van der Waals surface area contributed by atoms with Crippen molar-refractivity contribution >= 4 is 39.8 Å². The van der Waals surface area contributed by atoms with Gasteiger partial charge < -0.3 is 15.4 Å². The standard InChI is InChI=1S/C17H25N3O3S.HI/c1-2-18-17(20-15-7-10-24(21,22)12-15)19-8-5-13-3-4-16-14(11-13)6-9-23-16;/h3-4,11,15H,2,5-10,12H2,1H3,(H2,18,19,20);1H. The molecule has 0 saturated carbocycles. The zero-order valence-electron chi connectivity index (χ0n) is 14.5. The minimum atomic E-state index is -2.88. The minimum absolute atomic E-state index is 0. The Balaban J connectivity index is 0.00000225. The predicted molar refractivity (Wildman–Crippen MR) is 111 cm³/mol. The number of hydrogen-bond acceptors (Lipinski definition) is 4. The SMILES string of the molecule is CCNC(=NCCc1ccc2c(c1)CCO2)NC1CCS(=O)(=O)C1.I. The zero-order chi connectivity index (χ0) is 17.0. The number of aliphatic imine (C=N–C) groups is 1. The summed E-state index contributed by atoms with van der Waals surface area (Å²) in [5, 5.41) is 6.43. The Morgan fingerprint density at radius 3 is 2.96 bits per heavy atom. The number of benzene rings is 1. The maximum absolute atomic E-state index is 11.6. The lowest BCUT2D eigenvalue weighted by Crippen LogP contribution is -2.44. The number of rotatable bonds is 5. The van der Waals surface area contributed by atoms with E-state index in [4.69, 9.17) is 4.74 Å². The van der Waals surface area contributed by atoms with Gasteiger partial charge in [-0.3, -0.25) is 4.99 Å². The smallest absolute Gasteiger partial charge is 0.191 e. The zero-order valence-corrected chi connectivity index (χ0v) is 17.6. The summed E-state index contributed by atoms with van der Waals surface area (Å²) in [5.41, 5.74) is 2.53. The number of nitrogens with zero attached hydrogens (tertiary/aromatic N) is 1. The summed E-state index contributed by atoms with van der Waals surface area (Å²) in [7, 11) is -2.88. The van der Waals surface area contributed by atoms with Crippen molar-refractivity contribution in [2.75, 3.05) is 31.2 Å². The van der Waals surface area contributed by atoms with Gasteiger partial charge in [-0.15, -0.1) is 24.0 Å². The highest BCUT2D eigenvalue weighted by Gasteiger charge is 2.28. The van der Waals surface area contributed by atoms with Crippen LogP contribution in [0.1, 0.15) is 24.5 Å². The van der Waals surface area contributed by atoms with Crippen LogP contribution in [-0.2, 0) is 22.7 Å². The van der Waals surface area contributed by atoms with Crippen molar-refractivity contribution in [3.8, 4) is 5.75 Å². The van der Waals surface area contributed by atoms with Crippen molar-refractivity contribution < 1.29 is 13.2 Å². The lowest BCUT2D eigenvalue weighted by molar-refractivity contribution is 0.357. The van der Waals surface area contributed by atoms with E-state index in [1.54, 1.807) is 0 Å². The molecule has 1 unspecified atom stereocenters. The summed E-state index contributed by atoms with van der Waals surface area (Å²) in [6.07, 6.45) is 2.48. The average Bonchev–Trinajstić information content (AvgIpc) is 3.13. The number of ether oxygens (including phenoxy) is 1. The number of fused-ring (bicyclic) bond motifs is 1. The van der Waals surface area contributed by atoms with E-state index in [-0.39, 0.29) is 41.5 Å². The van der Waals surface area contributed by atoms with Crippen LogP contribution in [0.15, 0.2) is 23.2 Å². The van der Waals surface area contributed by atoms with Gasteiger partial charge in [0.1, 0.15) is 5.75 Å². The molecule has 1 fully saturated rings. The van der Waals surface area contributed by atoms with Crippen molar-refractivity contribution in [3.05, 3.63) is 29.3 Å². The Bertz CT molecular complexity index is 722. The molecule has 0 aliphatic carbocycles. The topological polar surface area (TPSA) is 79.8 Å². The third kappa shape index (κ3) is 5.73. The van der Waals surface area contributed by atoms with E-state index < -0.39 is 9.84 Å².